The minimum Gasteiger partial charge on any atom is -0.329 e. The van der Waals surface area contributed by atoms with Gasteiger partial charge < -0.3 is 4.90 Å². The highest BCUT2D eigenvalue weighted by atomic mass is 79.9. The molecular weight excluding hydrogens is 397 g/mol. The second-order valence-corrected chi connectivity index (χ2v) is 6.55. The minimum absolute atomic E-state index is 0.315. The minimum atomic E-state index is -0.315. The van der Waals surface area contributed by atoms with Crippen LogP contribution in [-0.4, -0.2) is 26.6 Å². The zero-order valence-corrected chi connectivity index (χ0v) is 14.8. The summed E-state index contributed by atoms with van der Waals surface area (Å²) >= 11 is 9.35. The maximum atomic E-state index is 13.5. The fraction of sp³-hybridized carbons (Fsp3) is 0.0625. The number of anilines is 2. The topological polar surface area (TPSA) is 46.3 Å². The summed E-state index contributed by atoms with van der Waals surface area (Å²) in [7, 11) is 1.86. The Bertz CT molecular complexity index is 1080. The fourth-order valence-corrected chi connectivity index (χ4v) is 3.13. The largest absolute Gasteiger partial charge is 0.329 e. The fourth-order valence-electron chi connectivity index (χ4n) is 2.59. The normalized spacial score (nSPS) is 11.3. The molecule has 0 amide bonds. The van der Waals surface area contributed by atoms with Crippen LogP contribution in [0.5, 0.6) is 0 Å². The molecule has 2 heterocycles. The van der Waals surface area contributed by atoms with Gasteiger partial charge in [-0.2, -0.15) is 4.98 Å². The number of hydrogen-bond acceptors (Lipinski definition) is 4. The van der Waals surface area contributed by atoms with E-state index in [1.165, 1.54) is 6.07 Å². The molecule has 24 heavy (non-hydrogen) atoms. The lowest BCUT2D eigenvalue weighted by Gasteiger charge is -2.21. The van der Waals surface area contributed by atoms with E-state index < -0.39 is 0 Å². The molecule has 0 aliphatic heterocycles. The van der Waals surface area contributed by atoms with Crippen LogP contribution < -0.4 is 4.90 Å². The summed E-state index contributed by atoms with van der Waals surface area (Å²) < 4.78 is 15.7. The molecule has 2 aromatic heterocycles. The van der Waals surface area contributed by atoms with E-state index in [4.69, 9.17) is 11.6 Å². The van der Waals surface area contributed by atoms with Crippen molar-refractivity contribution in [1.82, 2.24) is 19.6 Å². The van der Waals surface area contributed by atoms with E-state index in [9.17, 15) is 4.39 Å². The van der Waals surface area contributed by atoms with E-state index >= 15 is 0 Å². The van der Waals surface area contributed by atoms with Crippen molar-refractivity contribution in [3.05, 3.63) is 58.0 Å². The van der Waals surface area contributed by atoms with Crippen LogP contribution in [0.1, 0.15) is 0 Å². The average molecular weight is 407 g/mol. The first-order chi connectivity index (χ1) is 11.5. The van der Waals surface area contributed by atoms with Crippen LogP contribution in [0.4, 0.5) is 15.9 Å². The molecule has 0 radical (unpaired) electrons. The number of fused-ring (bicyclic) bond motifs is 3. The SMILES string of the molecule is CN(c1ccc(F)c(Br)c1)c1nc2nncn2c2cc(Cl)ccc12. The molecule has 0 atom stereocenters. The van der Waals surface area contributed by atoms with Crippen LogP contribution in [-0.2, 0) is 0 Å². The van der Waals surface area contributed by atoms with Crippen LogP contribution in [0.15, 0.2) is 47.2 Å². The van der Waals surface area contributed by atoms with E-state index in [2.05, 4.69) is 31.1 Å². The number of nitrogens with zero attached hydrogens (tertiary/aromatic N) is 5. The lowest BCUT2D eigenvalue weighted by atomic mass is 10.2. The van der Waals surface area contributed by atoms with Gasteiger partial charge in [-0.25, -0.2) is 4.39 Å². The van der Waals surface area contributed by atoms with Crippen molar-refractivity contribution in [2.75, 3.05) is 11.9 Å². The lowest BCUT2D eigenvalue weighted by molar-refractivity contribution is 0.621. The summed E-state index contributed by atoms with van der Waals surface area (Å²) in [6.07, 6.45) is 1.60. The molecule has 120 valence electrons. The Hall–Kier alpha value is -2.25. The van der Waals surface area contributed by atoms with Gasteiger partial charge in [0.1, 0.15) is 18.0 Å². The van der Waals surface area contributed by atoms with Gasteiger partial charge in [-0.15, -0.1) is 10.2 Å². The van der Waals surface area contributed by atoms with Crippen molar-refractivity contribution in [3.8, 4) is 0 Å². The van der Waals surface area contributed by atoms with Crippen molar-refractivity contribution in [2.45, 2.75) is 0 Å². The van der Waals surface area contributed by atoms with Gasteiger partial charge in [-0.1, -0.05) is 11.6 Å². The van der Waals surface area contributed by atoms with Crippen LogP contribution in [0.2, 0.25) is 5.02 Å². The molecule has 0 N–H and O–H groups in total. The summed E-state index contributed by atoms with van der Waals surface area (Å²) in [5, 5.41) is 9.44. The lowest BCUT2D eigenvalue weighted by Crippen LogP contribution is -2.13. The summed E-state index contributed by atoms with van der Waals surface area (Å²) in [6, 6.07) is 10.3. The number of benzene rings is 2. The van der Waals surface area contributed by atoms with Gasteiger partial charge in [0.05, 0.1) is 9.99 Å². The standard InChI is InChI=1S/C16H10BrClFN5/c1-23(10-3-5-13(19)12(17)7-10)15-11-4-2-9(18)6-14(11)24-8-20-22-16(24)21-15/h2-8H,1H3. The Kier molecular flexibility index (Phi) is 3.62. The predicted molar refractivity (Wildman–Crippen MR) is 95.5 cm³/mol. The summed E-state index contributed by atoms with van der Waals surface area (Å²) in [5.74, 6) is 0.832. The van der Waals surface area contributed by atoms with Gasteiger partial charge >= 0.3 is 0 Å². The molecule has 0 fully saturated rings. The number of hydrogen-bond donors (Lipinski definition) is 0. The van der Waals surface area contributed by atoms with Crippen LogP contribution in [0, 0.1) is 5.82 Å². The maximum Gasteiger partial charge on any atom is 0.257 e. The molecule has 8 heteroatoms. The first kappa shape index (κ1) is 15.3. The zero-order chi connectivity index (χ0) is 16.8. The van der Waals surface area contributed by atoms with Crippen molar-refractivity contribution < 1.29 is 4.39 Å². The van der Waals surface area contributed by atoms with E-state index in [0.29, 0.717) is 21.1 Å². The van der Waals surface area contributed by atoms with Crippen molar-refractivity contribution in [2.24, 2.45) is 0 Å². The van der Waals surface area contributed by atoms with E-state index in [1.807, 2.05) is 24.1 Å². The molecule has 0 unspecified atom stereocenters. The van der Waals surface area contributed by atoms with Gasteiger partial charge in [-0.3, -0.25) is 4.40 Å². The molecule has 0 bridgehead atoms. The third-order valence-corrected chi connectivity index (χ3v) is 4.65. The summed E-state index contributed by atoms with van der Waals surface area (Å²) in [6.45, 7) is 0. The molecule has 4 rings (SSSR count). The van der Waals surface area contributed by atoms with Gasteiger partial charge in [0.15, 0.2) is 0 Å². The third-order valence-electron chi connectivity index (χ3n) is 3.80. The molecule has 4 aromatic rings. The third kappa shape index (κ3) is 2.40. The first-order valence-corrected chi connectivity index (χ1v) is 8.19. The molecule has 2 aromatic carbocycles. The Balaban J connectivity index is 1.98. The molecule has 0 aliphatic carbocycles. The monoisotopic (exact) mass is 405 g/mol. The highest BCUT2D eigenvalue weighted by Gasteiger charge is 2.15. The Morgan fingerprint density at radius 3 is 2.83 bits per heavy atom. The van der Waals surface area contributed by atoms with Gasteiger partial charge in [0.25, 0.3) is 5.78 Å². The Morgan fingerprint density at radius 2 is 2.04 bits per heavy atom. The Labute approximate surface area is 149 Å². The second-order valence-electron chi connectivity index (χ2n) is 5.26. The number of halogens is 3. The average Bonchev–Trinajstić information content (AvgIpc) is 3.04. The Morgan fingerprint density at radius 1 is 1.21 bits per heavy atom. The number of aromatic nitrogens is 4. The quantitative estimate of drug-likeness (QED) is 0.488. The molecule has 0 spiro atoms. The van der Waals surface area contributed by atoms with Crippen molar-refractivity contribution in [3.63, 3.8) is 0 Å². The highest BCUT2D eigenvalue weighted by Crippen LogP contribution is 2.32. The molecule has 0 aliphatic rings. The van der Waals surface area contributed by atoms with Crippen molar-refractivity contribution >= 4 is 55.7 Å². The molecular formula is C16H10BrClFN5. The van der Waals surface area contributed by atoms with Crippen LogP contribution >= 0.6 is 27.5 Å². The van der Waals surface area contributed by atoms with Crippen LogP contribution in [0.25, 0.3) is 16.7 Å². The van der Waals surface area contributed by atoms with Crippen molar-refractivity contribution in [1.29, 1.82) is 0 Å². The maximum absolute atomic E-state index is 13.5. The molecule has 0 saturated heterocycles. The predicted octanol–water partition coefficient (Wildman–Crippen LogP) is 4.60. The van der Waals surface area contributed by atoms with Gasteiger partial charge in [0.2, 0.25) is 0 Å². The smallest absolute Gasteiger partial charge is 0.257 e. The molecule has 0 saturated carbocycles. The zero-order valence-electron chi connectivity index (χ0n) is 12.4. The van der Waals surface area contributed by atoms with Crippen LogP contribution in [0.3, 0.4) is 0 Å². The first-order valence-electron chi connectivity index (χ1n) is 7.02. The van der Waals surface area contributed by atoms with E-state index in [-0.39, 0.29) is 5.82 Å². The number of rotatable bonds is 2. The van der Waals surface area contributed by atoms with E-state index in [0.717, 1.165) is 16.6 Å². The van der Waals surface area contributed by atoms with Gasteiger partial charge in [0, 0.05) is 23.1 Å². The summed E-state index contributed by atoms with van der Waals surface area (Å²) in [4.78, 5) is 6.45. The summed E-state index contributed by atoms with van der Waals surface area (Å²) in [5.41, 5.74) is 1.64. The second kappa shape index (κ2) is 5.68. The highest BCUT2D eigenvalue weighted by molar-refractivity contribution is 9.10. The van der Waals surface area contributed by atoms with Gasteiger partial charge in [-0.05, 0) is 52.3 Å². The molecule has 5 nitrogen and oxygen atoms in total. The van der Waals surface area contributed by atoms with E-state index in [1.54, 1.807) is 28.9 Å².